The number of carbonyl (C=O) groups is 2. The Labute approximate surface area is 179 Å². The largest absolute Gasteiger partial charge is 0.454 e. The summed E-state index contributed by atoms with van der Waals surface area (Å²) in [7, 11) is -3.76. The van der Waals surface area contributed by atoms with Gasteiger partial charge in [0.1, 0.15) is 6.10 Å². The highest BCUT2D eigenvalue weighted by Crippen LogP contribution is 2.31. The number of hydrogen-bond donors (Lipinski definition) is 2. The summed E-state index contributed by atoms with van der Waals surface area (Å²) in [6, 6.07) is 20.4. The monoisotopic (exact) mass is 436 g/mol. The summed E-state index contributed by atoms with van der Waals surface area (Å²) in [6.45, 7) is 0.218. The Morgan fingerprint density at radius 1 is 1.03 bits per heavy atom. The van der Waals surface area contributed by atoms with Gasteiger partial charge in [0.2, 0.25) is 10.0 Å². The van der Waals surface area contributed by atoms with Gasteiger partial charge < -0.3 is 10.1 Å². The van der Waals surface area contributed by atoms with E-state index >= 15 is 0 Å². The highest BCUT2D eigenvalue weighted by molar-refractivity contribution is 7.89. The molecule has 0 saturated heterocycles. The number of fused-ring (bicyclic) bond motifs is 1. The number of benzene rings is 3. The number of nitrogens with one attached hydrogen (secondary N) is 1. The maximum atomic E-state index is 12.6. The van der Waals surface area contributed by atoms with Crippen molar-refractivity contribution in [1.82, 2.24) is 5.32 Å². The minimum absolute atomic E-state index is 0.0112. The summed E-state index contributed by atoms with van der Waals surface area (Å²) in [6.07, 6.45) is 0.0955. The van der Waals surface area contributed by atoms with Crippen molar-refractivity contribution in [2.45, 2.75) is 24.0 Å². The molecule has 4 rings (SSSR count). The van der Waals surface area contributed by atoms with Gasteiger partial charge in [0, 0.05) is 18.5 Å². The SMILES string of the molecule is NS(=O)(=O)c1ccc(CNC(=O)c2ccc3c(c2)C[C@H](c2ccccc2)OC3=O)cc1. The van der Waals surface area contributed by atoms with Gasteiger partial charge in [0.25, 0.3) is 5.91 Å². The van der Waals surface area contributed by atoms with Crippen molar-refractivity contribution < 1.29 is 22.7 Å². The molecule has 1 aliphatic rings. The molecule has 0 aromatic heterocycles. The van der Waals surface area contributed by atoms with E-state index in [-0.39, 0.29) is 17.3 Å². The summed E-state index contributed by atoms with van der Waals surface area (Å²) in [5.74, 6) is -0.703. The van der Waals surface area contributed by atoms with E-state index in [0.29, 0.717) is 17.5 Å². The van der Waals surface area contributed by atoms with Gasteiger partial charge in [0.15, 0.2) is 0 Å². The topological polar surface area (TPSA) is 116 Å². The van der Waals surface area contributed by atoms with Crippen LogP contribution in [-0.2, 0) is 27.7 Å². The van der Waals surface area contributed by atoms with Gasteiger partial charge in [-0.1, -0.05) is 42.5 Å². The third kappa shape index (κ3) is 4.65. The average molecular weight is 436 g/mol. The van der Waals surface area contributed by atoms with Crippen LogP contribution in [0.2, 0.25) is 0 Å². The molecule has 0 bridgehead atoms. The minimum atomic E-state index is -3.76. The molecule has 3 aromatic carbocycles. The van der Waals surface area contributed by atoms with Gasteiger partial charge in [-0.25, -0.2) is 18.4 Å². The fourth-order valence-electron chi connectivity index (χ4n) is 3.47. The normalized spacial score (nSPS) is 15.6. The second-order valence-electron chi connectivity index (χ2n) is 7.25. The smallest absolute Gasteiger partial charge is 0.339 e. The molecule has 0 saturated carbocycles. The van der Waals surface area contributed by atoms with Crippen molar-refractivity contribution in [3.05, 3.63) is 101 Å². The molecule has 1 amide bonds. The van der Waals surface area contributed by atoms with Gasteiger partial charge >= 0.3 is 5.97 Å². The van der Waals surface area contributed by atoms with Gasteiger partial charge in [-0.15, -0.1) is 0 Å². The lowest BCUT2D eigenvalue weighted by Crippen LogP contribution is -2.25. The van der Waals surface area contributed by atoms with Crippen molar-refractivity contribution in [3.63, 3.8) is 0 Å². The summed E-state index contributed by atoms with van der Waals surface area (Å²) in [5, 5.41) is 7.89. The zero-order valence-electron chi connectivity index (χ0n) is 16.4. The Morgan fingerprint density at radius 3 is 2.42 bits per heavy atom. The fourth-order valence-corrected chi connectivity index (χ4v) is 3.99. The summed E-state index contributed by atoms with van der Waals surface area (Å²) >= 11 is 0. The molecular weight excluding hydrogens is 416 g/mol. The average Bonchev–Trinajstić information content (AvgIpc) is 2.77. The molecule has 1 aliphatic heterocycles. The van der Waals surface area contributed by atoms with Gasteiger partial charge in [0.05, 0.1) is 10.5 Å². The van der Waals surface area contributed by atoms with Crippen molar-refractivity contribution in [1.29, 1.82) is 0 Å². The molecule has 0 fully saturated rings. The van der Waals surface area contributed by atoms with E-state index < -0.39 is 22.1 Å². The molecule has 0 unspecified atom stereocenters. The number of carbonyl (C=O) groups excluding carboxylic acids is 2. The van der Waals surface area contributed by atoms with Crippen LogP contribution in [0.1, 0.15) is 43.5 Å². The Hall–Kier alpha value is -3.49. The predicted octanol–water partition coefficient (Wildman–Crippen LogP) is 2.72. The molecule has 1 heterocycles. The molecule has 8 heteroatoms. The van der Waals surface area contributed by atoms with E-state index in [9.17, 15) is 18.0 Å². The maximum Gasteiger partial charge on any atom is 0.339 e. The number of nitrogens with two attached hydrogens (primary N) is 1. The van der Waals surface area contributed by atoms with Crippen LogP contribution in [0, 0.1) is 0 Å². The summed E-state index contributed by atoms with van der Waals surface area (Å²) in [5.41, 5.74) is 3.28. The standard InChI is InChI=1S/C23H20N2O5S/c24-31(28,29)19-9-6-15(7-10-19)14-25-22(26)17-8-11-20-18(12-17)13-21(30-23(20)27)16-4-2-1-3-5-16/h1-12,21H,13-14H2,(H,25,26)(H2,24,28,29)/t21-/m1/s1. The van der Waals surface area contributed by atoms with E-state index in [1.54, 1.807) is 30.3 Å². The molecule has 3 aromatic rings. The Morgan fingerprint density at radius 2 is 1.74 bits per heavy atom. The molecular formula is C23H20N2O5S. The second-order valence-corrected chi connectivity index (χ2v) is 8.81. The number of hydrogen-bond acceptors (Lipinski definition) is 5. The van der Waals surface area contributed by atoms with E-state index in [4.69, 9.17) is 9.88 Å². The van der Waals surface area contributed by atoms with Crippen LogP contribution in [0.3, 0.4) is 0 Å². The number of esters is 1. The van der Waals surface area contributed by atoms with Crippen molar-refractivity contribution in [2.75, 3.05) is 0 Å². The number of amides is 1. The van der Waals surface area contributed by atoms with Crippen LogP contribution in [0.5, 0.6) is 0 Å². The first-order valence-electron chi connectivity index (χ1n) is 9.60. The molecule has 31 heavy (non-hydrogen) atoms. The van der Waals surface area contributed by atoms with E-state index in [0.717, 1.165) is 16.7 Å². The van der Waals surface area contributed by atoms with Crippen LogP contribution in [0.15, 0.2) is 77.7 Å². The third-order valence-corrected chi connectivity index (χ3v) is 6.05. The van der Waals surface area contributed by atoms with Crippen molar-refractivity contribution >= 4 is 21.9 Å². The van der Waals surface area contributed by atoms with Crippen LogP contribution >= 0.6 is 0 Å². The highest BCUT2D eigenvalue weighted by Gasteiger charge is 2.28. The summed E-state index contributed by atoms with van der Waals surface area (Å²) in [4.78, 5) is 25.0. The Kier molecular flexibility index (Phi) is 5.58. The van der Waals surface area contributed by atoms with Gasteiger partial charge in [-0.2, -0.15) is 0 Å². The van der Waals surface area contributed by atoms with Crippen LogP contribution in [0.25, 0.3) is 0 Å². The number of cyclic esters (lactones) is 1. The number of sulfonamides is 1. The highest BCUT2D eigenvalue weighted by atomic mass is 32.2. The first-order valence-corrected chi connectivity index (χ1v) is 11.1. The molecule has 158 valence electrons. The molecule has 0 aliphatic carbocycles. The zero-order chi connectivity index (χ0) is 22.0. The van der Waals surface area contributed by atoms with Gasteiger partial charge in [-0.05, 0) is 47.0 Å². The fraction of sp³-hybridized carbons (Fsp3) is 0.130. The molecule has 0 radical (unpaired) electrons. The lowest BCUT2D eigenvalue weighted by Gasteiger charge is -2.25. The third-order valence-electron chi connectivity index (χ3n) is 5.12. The summed E-state index contributed by atoms with van der Waals surface area (Å²) < 4.78 is 28.2. The van der Waals surface area contributed by atoms with Crippen molar-refractivity contribution in [3.8, 4) is 0 Å². The van der Waals surface area contributed by atoms with E-state index in [1.807, 2.05) is 30.3 Å². The second kappa shape index (κ2) is 8.33. The van der Waals surface area contributed by atoms with Gasteiger partial charge in [-0.3, -0.25) is 4.79 Å². The minimum Gasteiger partial charge on any atom is -0.454 e. The molecule has 7 nitrogen and oxygen atoms in total. The Balaban J connectivity index is 1.47. The maximum absolute atomic E-state index is 12.6. The molecule has 0 spiro atoms. The van der Waals surface area contributed by atoms with E-state index in [1.165, 1.54) is 12.1 Å². The quantitative estimate of drug-likeness (QED) is 0.597. The lowest BCUT2D eigenvalue weighted by molar-refractivity contribution is 0.0252. The predicted molar refractivity (Wildman–Crippen MR) is 114 cm³/mol. The first kappa shape index (κ1) is 20.8. The lowest BCUT2D eigenvalue weighted by atomic mass is 9.93. The number of ether oxygens (including phenoxy) is 1. The number of rotatable bonds is 5. The Bertz CT molecular complexity index is 1240. The van der Waals surface area contributed by atoms with E-state index in [2.05, 4.69) is 5.32 Å². The number of primary sulfonamides is 1. The molecule has 3 N–H and O–H groups in total. The van der Waals surface area contributed by atoms with Crippen molar-refractivity contribution in [2.24, 2.45) is 5.14 Å². The van der Waals surface area contributed by atoms with Crippen LogP contribution in [-0.4, -0.2) is 20.3 Å². The van der Waals surface area contributed by atoms with Crippen LogP contribution in [0.4, 0.5) is 0 Å². The molecule has 1 atom stereocenters. The van der Waals surface area contributed by atoms with Crippen LogP contribution < -0.4 is 10.5 Å². The first-order chi connectivity index (χ1) is 14.8. The zero-order valence-corrected chi connectivity index (χ0v) is 17.3.